The lowest BCUT2D eigenvalue weighted by Crippen LogP contribution is -2.12. The molecule has 0 aliphatic carbocycles. The molecule has 0 saturated heterocycles. The first-order valence-electron chi connectivity index (χ1n) is 18.6. The summed E-state index contributed by atoms with van der Waals surface area (Å²) in [6.45, 7) is 16.1. The molecule has 0 unspecified atom stereocenters. The Morgan fingerprint density at radius 2 is 1.27 bits per heavy atom. The van der Waals surface area contributed by atoms with E-state index < -0.39 is 0 Å². The average Bonchev–Trinajstić information content (AvgIpc) is 3.71. The zero-order chi connectivity index (χ0) is 35.9. The van der Waals surface area contributed by atoms with Gasteiger partial charge in [-0.3, -0.25) is 4.57 Å². The highest BCUT2D eigenvalue weighted by Gasteiger charge is 2.28. The number of benzene rings is 7. The Morgan fingerprint density at radius 3 is 2.00 bits per heavy atom. The molecule has 3 nitrogen and oxygen atoms in total. The van der Waals surface area contributed by atoms with E-state index in [1.165, 1.54) is 60.4 Å². The molecule has 9 rings (SSSR count). The minimum atomic E-state index is -0.102. The molecule has 52 heavy (non-hydrogen) atoms. The van der Waals surface area contributed by atoms with Gasteiger partial charge in [0.25, 0.3) is 0 Å². The molecule has 2 heterocycles. The molecule has 2 aromatic heterocycles. The Hall–Kier alpha value is -5.67. The highest BCUT2D eigenvalue weighted by molar-refractivity contribution is 6.18. The molecule has 0 atom stereocenters. The predicted molar refractivity (Wildman–Crippen MR) is 221 cm³/mol. The summed E-state index contributed by atoms with van der Waals surface area (Å²) < 4.78 is 9.52. The quantitative estimate of drug-likeness (QED) is 0.170. The average molecular weight is 677 g/mol. The first-order chi connectivity index (χ1) is 25.1. The lowest BCUT2D eigenvalue weighted by molar-refractivity contribution is 0.595. The third kappa shape index (κ3) is 5.05. The summed E-state index contributed by atoms with van der Waals surface area (Å²) >= 11 is 0. The van der Waals surface area contributed by atoms with Crippen LogP contribution in [0.5, 0.6) is 0 Å². The fraction of sp³-hybridized carbons (Fsp3) is 0.204. The van der Waals surface area contributed by atoms with Crippen molar-refractivity contribution in [1.29, 1.82) is 0 Å². The number of nitrogens with zero attached hydrogens (tertiary/aromatic N) is 2. The Bertz CT molecular complexity index is 2800. The monoisotopic (exact) mass is 676 g/mol. The Balaban J connectivity index is 1.40. The van der Waals surface area contributed by atoms with Gasteiger partial charge in [0.2, 0.25) is 0 Å². The van der Waals surface area contributed by atoms with Gasteiger partial charge < -0.3 is 4.42 Å². The maximum absolute atomic E-state index is 7.10. The topological polar surface area (TPSA) is 31.0 Å². The molecule has 9 aromatic rings. The van der Waals surface area contributed by atoms with Gasteiger partial charge in [-0.05, 0) is 109 Å². The lowest BCUT2D eigenvalue weighted by atomic mass is 9.83. The summed E-state index contributed by atoms with van der Waals surface area (Å²) in [5, 5.41) is 7.20. The number of para-hydroxylation sites is 2. The van der Waals surface area contributed by atoms with Crippen molar-refractivity contribution in [3.8, 4) is 28.2 Å². The van der Waals surface area contributed by atoms with Gasteiger partial charge in [0, 0.05) is 10.8 Å². The molecule has 0 saturated carbocycles. The van der Waals surface area contributed by atoms with E-state index in [0.29, 0.717) is 0 Å². The van der Waals surface area contributed by atoms with Crippen molar-refractivity contribution >= 4 is 54.5 Å². The molecule has 0 bridgehead atoms. The van der Waals surface area contributed by atoms with Crippen LogP contribution in [0.2, 0.25) is 0 Å². The van der Waals surface area contributed by atoms with Crippen LogP contribution in [0.3, 0.4) is 0 Å². The third-order valence-electron chi connectivity index (χ3n) is 10.8. The molecule has 0 aliphatic heterocycles. The molecule has 0 amide bonds. The van der Waals surface area contributed by atoms with Crippen LogP contribution in [0.4, 0.5) is 0 Å². The highest BCUT2D eigenvalue weighted by atomic mass is 16.3. The Morgan fingerprint density at radius 1 is 0.596 bits per heavy atom. The Kier molecular flexibility index (Phi) is 7.41. The van der Waals surface area contributed by atoms with Crippen molar-refractivity contribution in [3.05, 3.63) is 144 Å². The molecule has 7 aromatic carbocycles. The molecule has 3 heteroatoms. The van der Waals surface area contributed by atoms with Crippen molar-refractivity contribution < 1.29 is 4.42 Å². The molecule has 256 valence electrons. The number of aromatic nitrogens is 2. The van der Waals surface area contributed by atoms with Crippen molar-refractivity contribution in [2.45, 2.75) is 65.7 Å². The van der Waals surface area contributed by atoms with Gasteiger partial charge in [-0.25, -0.2) is 4.98 Å². The largest absolute Gasteiger partial charge is 0.455 e. The zero-order valence-corrected chi connectivity index (χ0v) is 31.1. The van der Waals surface area contributed by atoms with Crippen LogP contribution in [0.25, 0.3) is 82.7 Å². The second kappa shape index (κ2) is 12.0. The fourth-order valence-corrected chi connectivity index (χ4v) is 8.23. The van der Waals surface area contributed by atoms with Crippen molar-refractivity contribution in [3.63, 3.8) is 0 Å². The van der Waals surface area contributed by atoms with Gasteiger partial charge in [0.1, 0.15) is 17.0 Å². The number of hydrogen-bond acceptors (Lipinski definition) is 2. The van der Waals surface area contributed by atoms with Crippen LogP contribution in [-0.2, 0) is 5.41 Å². The van der Waals surface area contributed by atoms with E-state index in [1.54, 1.807) is 0 Å². The maximum Gasteiger partial charge on any atom is 0.149 e. The summed E-state index contributed by atoms with van der Waals surface area (Å²) in [5.74, 6) is 1.46. The van der Waals surface area contributed by atoms with Gasteiger partial charge in [0.15, 0.2) is 0 Å². The number of imidazole rings is 1. The molecular weight excluding hydrogens is 633 g/mol. The zero-order valence-electron chi connectivity index (χ0n) is 31.1. The van der Waals surface area contributed by atoms with Crippen LogP contribution in [0, 0.1) is 0 Å². The number of fused-ring (bicyclic) bond motifs is 7. The second-order valence-corrected chi connectivity index (χ2v) is 16.0. The van der Waals surface area contributed by atoms with Crippen LogP contribution in [0.15, 0.2) is 132 Å². The standard InChI is InChI=1S/C49H44N2O/c1-29(2)37-26-34(31-15-9-8-10-16-31)27-38(30(3)4)46(37)51-43-20-14-13-19-42(43)50-48(51)36-23-24-41(49(5,6)7)45-40-25-33-22-21-32-17-11-12-18-35(32)39(33)28-44(40)52-47(36)45/h8-30H,1-7H3. The van der Waals surface area contributed by atoms with E-state index in [-0.39, 0.29) is 17.3 Å². The highest BCUT2D eigenvalue weighted by Crippen LogP contribution is 2.46. The normalized spacial score (nSPS) is 12.5. The maximum atomic E-state index is 7.10. The van der Waals surface area contributed by atoms with Gasteiger partial charge >= 0.3 is 0 Å². The lowest BCUT2D eigenvalue weighted by Gasteiger charge is -2.25. The van der Waals surface area contributed by atoms with Crippen LogP contribution >= 0.6 is 0 Å². The van der Waals surface area contributed by atoms with E-state index in [4.69, 9.17) is 9.40 Å². The molecule has 0 radical (unpaired) electrons. The van der Waals surface area contributed by atoms with E-state index >= 15 is 0 Å². The fourth-order valence-electron chi connectivity index (χ4n) is 8.23. The molecule has 0 aliphatic rings. The van der Waals surface area contributed by atoms with Crippen LogP contribution < -0.4 is 0 Å². The smallest absolute Gasteiger partial charge is 0.149 e. The number of rotatable bonds is 5. The Labute approximate surface area is 305 Å². The van der Waals surface area contributed by atoms with Crippen molar-refractivity contribution in [2.24, 2.45) is 0 Å². The minimum Gasteiger partial charge on any atom is -0.455 e. The first-order valence-corrected chi connectivity index (χ1v) is 18.6. The number of furan rings is 1. The van der Waals surface area contributed by atoms with Gasteiger partial charge in [-0.1, -0.05) is 133 Å². The van der Waals surface area contributed by atoms with E-state index in [9.17, 15) is 0 Å². The van der Waals surface area contributed by atoms with Crippen LogP contribution in [0.1, 0.15) is 77.0 Å². The SMILES string of the molecule is CC(C)c1cc(-c2ccccc2)cc(C(C)C)c1-n1c(-c2ccc(C(C)(C)C)c3c2oc2cc4c(ccc5ccccc54)cc23)nc2ccccc21. The van der Waals surface area contributed by atoms with E-state index in [1.807, 2.05) is 0 Å². The molecule has 0 N–H and O–H groups in total. The van der Waals surface area contributed by atoms with E-state index in [0.717, 1.165) is 39.0 Å². The predicted octanol–water partition coefficient (Wildman–Crippen LogP) is 14.1. The number of hydrogen-bond donors (Lipinski definition) is 0. The van der Waals surface area contributed by atoms with Gasteiger partial charge in [-0.15, -0.1) is 0 Å². The van der Waals surface area contributed by atoms with Crippen molar-refractivity contribution in [1.82, 2.24) is 9.55 Å². The van der Waals surface area contributed by atoms with Gasteiger partial charge in [-0.2, -0.15) is 0 Å². The summed E-state index contributed by atoms with van der Waals surface area (Å²) in [4.78, 5) is 5.45. The third-order valence-corrected chi connectivity index (χ3v) is 10.8. The van der Waals surface area contributed by atoms with E-state index in [2.05, 4.69) is 180 Å². The molecular formula is C49H44N2O. The minimum absolute atomic E-state index is 0.102. The first kappa shape index (κ1) is 32.3. The summed E-state index contributed by atoms with van der Waals surface area (Å²) in [5.41, 5.74) is 12.3. The summed E-state index contributed by atoms with van der Waals surface area (Å²) in [6.07, 6.45) is 0. The summed E-state index contributed by atoms with van der Waals surface area (Å²) in [6, 6.07) is 46.4. The summed E-state index contributed by atoms with van der Waals surface area (Å²) in [7, 11) is 0. The van der Waals surface area contributed by atoms with Crippen LogP contribution in [-0.4, -0.2) is 9.55 Å². The molecule has 0 fully saturated rings. The van der Waals surface area contributed by atoms with Gasteiger partial charge in [0.05, 0.1) is 22.3 Å². The second-order valence-electron chi connectivity index (χ2n) is 16.0. The molecule has 0 spiro atoms. The van der Waals surface area contributed by atoms with Crippen molar-refractivity contribution in [2.75, 3.05) is 0 Å².